The second-order valence-corrected chi connectivity index (χ2v) is 6.68. The smallest absolute Gasteiger partial charge is 0.367 e. The molecule has 1 fully saturated rings. The molecular weight excluding hydrogens is 341 g/mol. The van der Waals surface area contributed by atoms with E-state index in [1.807, 2.05) is 6.07 Å². The molecule has 1 saturated carbocycles. The summed E-state index contributed by atoms with van der Waals surface area (Å²) >= 11 is 0. The van der Waals surface area contributed by atoms with Crippen molar-refractivity contribution >= 4 is 11.5 Å². The van der Waals surface area contributed by atoms with E-state index in [4.69, 9.17) is 0 Å². The van der Waals surface area contributed by atoms with Crippen molar-refractivity contribution in [2.45, 2.75) is 44.3 Å². The predicted molar refractivity (Wildman–Crippen MR) is 93.9 cm³/mol. The van der Waals surface area contributed by atoms with Crippen LogP contribution < -0.4 is 5.32 Å². The molecule has 0 radical (unpaired) electrons. The first kappa shape index (κ1) is 16.9. The van der Waals surface area contributed by atoms with Crippen molar-refractivity contribution < 1.29 is 13.2 Å². The van der Waals surface area contributed by atoms with Crippen LogP contribution >= 0.6 is 0 Å². The minimum atomic E-state index is -4.34. The van der Waals surface area contributed by atoms with Crippen molar-refractivity contribution in [2.75, 3.05) is 5.32 Å². The number of anilines is 1. The molecule has 3 aromatic rings. The van der Waals surface area contributed by atoms with Crippen LogP contribution in [-0.2, 0) is 6.18 Å². The Hall–Kier alpha value is -2.57. The third-order valence-corrected chi connectivity index (χ3v) is 4.82. The summed E-state index contributed by atoms with van der Waals surface area (Å²) in [7, 11) is 0. The molecule has 0 aliphatic heterocycles. The Labute approximate surface area is 149 Å². The molecule has 1 N–H and O–H groups in total. The van der Waals surface area contributed by atoms with Gasteiger partial charge < -0.3 is 5.32 Å². The van der Waals surface area contributed by atoms with E-state index in [1.165, 1.54) is 31.4 Å². The maximum Gasteiger partial charge on any atom is 0.416 e. The van der Waals surface area contributed by atoms with E-state index in [2.05, 4.69) is 15.4 Å². The maximum atomic E-state index is 12.8. The summed E-state index contributed by atoms with van der Waals surface area (Å²) in [6, 6.07) is 9.14. The fourth-order valence-corrected chi connectivity index (χ4v) is 3.45. The zero-order valence-electron chi connectivity index (χ0n) is 14.1. The lowest BCUT2D eigenvalue weighted by molar-refractivity contribution is -0.137. The molecule has 2 heterocycles. The Morgan fingerprint density at radius 3 is 2.42 bits per heavy atom. The van der Waals surface area contributed by atoms with Gasteiger partial charge in [-0.05, 0) is 25.0 Å². The third kappa shape index (κ3) is 3.38. The standard InChI is InChI=1S/C19H19F3N4/c20-19(21,22)14-8-6-13(7-9-14)16-12-18(24-15-4-2-1-3-5-15)26-17(25-16)10-11-23-26/h6-12,15,24H,1-5H2. The molecule has 136 valence electrons. The number of halogens is 3. The predicted octanol–water partition coefficient (Wildman–Crippen LogP) is 5.16. The molecule has 1 aliphatic rings. The summed E-state index contributed by atoms with van der Waals surface area (Å²) in [5, 5.41) is 7.84. The zero-order valence-corrected chi connectivity index (χ0v) is 14.1. The third-order valence-electron chi connectivity index (χ3n) is 4.82. The second kappa shape index (κ2) is 6.63. The van der Waals surface area contributed by atoms with Gasteiger partial charge in [-0.2, -0.15) is 22.8 Å². The highest BCUT2D eigenvalue weighted by atomic mass is 19.4. The summed E-state index contributed by atoms with van der Waals surface area (Å²) in [4.78, 5) is 4.53. The van der Waals surface area contributed by atoms with Gasteiger partial charge in [-0.15, -0.1) is 0 Å². The normalized spacial score (nSPS) is 16.1. The number of rotatable bonds is 3. The molecule has 4 rings (SSSR count). The maximum absolute atomic E-state index is 12.8. The van der Waals surface area contributed by atoms with Crippen molar-refractivity contribution in [1.29, 1.82) is 0 Å². The fraction of sp³-hybridized carbons (Fsp3) is 0.368. The van der Waals surface area contributed by atoms with Crippen molar-refractivity contribution in [3.63, 3.8) is 0 Å². The summed E-state index contributed by atoms with van der Waals surface area (Å²) in [5.41, 5.74) is 1.28. The van der Waals surface area contributed by atoms with Gasteiger partial charge in [0.05, 0.1) is 17.5 Å². The summed E-state index contributed by atoms with van der Waals surface area (Å²) in [6.45, 7) is 0. The highest BCUT2D eigenvalue weighted by Gasteiger charge is 2.30. The van der Waals surface area contributed by atoms with Gasteiger partial charge in [0.25, 0.3) is 0 Å². The molecule has 0 unspecified atom stereocenters. The minimum absolute atomic E-state index is 0.388. The van der Waals surface area contributed by atoms with Crippen LogP contribution in [0.3, 0.4) is 0 Å². The Morgan fingerprint density at radius 1 is 1.00 bits per heavy atom. The molecule has 0 saturated heterocycles. The van der Waals surface area contributed by atoms with Gasteiger partial charge in [0, 0.05) is 23.7 Å². The SMILES string of the molecule is FC(F)(F)c1ccc(-c2cc(NC3CCCCC3)n3nccc3n2)cc1. The Kier molecular flexibility index (Phi) is 4.30. The van der Waals surface area contributed by atoms with Gasteiger partial charge in [-0.3, -0.25) is 0 Å². The summed E-state index contributed by atoms with van der Waals surface area (Å²) in [6.07, 6.45) is 3.23. The van der Waals surface area contributed by atoms with Gasteiger partial charge in [0.2, 0.25) is 0 Å². The van der Waals surface area contributed by atoms with Crippen LogP contribution in [0.1, 0.15) is 37.7 Å². The van der Waals surface area contributed by atoms with Crippen LogP contribution in [0, 0.1) is 0 Å². The van der Waals surface area contributed by atoms with Crippen molar-refractivity contribution in [2.24, 2.45) is 0 Å². The van der Waals surface area contributed by atoms with Crippen molar-refractivity contribution in [3.8, 4) is 11.3 Å². The van der Waals surface area contributed by atoms with Crippen LogP contribution in [0.15, 0.2) is 42.6 Å². The number of aromatic nitrogens is 3. The largest absolute Gasteiger partial charge is 0.416 e. The first-order chi connectivity index (χ1) is 12.5. The molecule has 1 aromatic carbocycles. The van der Waals surface area contributed by atoms with E-state index in [1.54, 1.807) is 16.8 Å². The first-order valence-electron chi connectivity index (χ1n) is 8.80. The minimum Gasteiger partial charge on any atom is -0.367 e. The Bertz CT molecular complexity index is 893. The van der Waals surface area contributed by atoms with Crippen LogP contribution in [0.2, 0.25) is 0 Å². The number of hydrogen-bond acceptors (Lipinski definition) is 3. The zero-order chi connectivity index (χ0) is 18.1. The molecule has 4 nitrogen and oxygen atoms in total. The van der Waals surface area contributed by atoms with E-state index < -0.39 is 11.7 Å². The average molecular weight is 360 g/mol. The van der Waals surface area contributed by atoms with Gasteiger partial charge in [-0.1, -0.05) is 31.4 Å². The highest BCUT2D eigenvalue weighted by Crippen LogP contribution is 2.31. The van der Waals surface area contributed by atoms with Gasteiger partial charge in [0.1, 0.15) is 5.82 Å². The number of fused-ring (bicyclic) bond motifs is 1. The van der Waals surface area contributed by atoms with Gasteiger partial charge in [0.15, 0.2) is 5.65 Å². The molecular formula is C19H19F3N4. The van der Waals surface area contributed by atoms with Gasteiger partial charge >= 0.3 is 6.18 Å². The second-order valence-electron chi connectivity index (χ2n) is 6.68. The van der Waals surface area contributed by atoms with Crippen LogP contribution in [0.25, 0.3) is 16.9 Å². The Balaban J connectivity index is 1.69. The molecule has 2 aromatic heterocycles. The Morgan fingerprint density at radius 2 is 1.73 bits per heavy atom. The van der Waals surface area contributed by atoms with Gasteiger partial charge in [-0.25, -0.2) is 4.98 Å². The first-order valence-corrected chi connectivity index (χ1v) is 8.80. The number of benzene rings is 1. The summed E-state index contributed by atoms with van der Waals surface area (Å²) < 4.78 is 40.1. The van der Waals surface area contributed by atoms with Crippen molar-refractivity contribution in [1.82, 2.24) is 14.6 Å². The number of nitrogens with one attached hydrogen (secondary N) is 1. The van der Waals surface area contributed by atoms with Crippen LogP contribution in [-0.4, -0.2) is 20.6 Å². The molecule has 0 atom stereocenters. The molecule has 7 heteroatoms. The summed E-state index contributed by atoms with van der Waals surface area (Å²) in [5.74, 6) is 0.821. The van der Waals surface area contributed by atoms with Crippen LogP contribution in [0.5, 0.6) is 0 Å². The molecule has 1 aliphatic carbocycles. The van der Waals surface area contributed by atoms with E-state index in [9.17, 15) is 13.2 Å². The van der Waals surface area contributed by atoms with E-state index >= 15 is 0 Å². The van der Waals surface area contributed by atoms with E-state index in [0.717, 1.165) is 30.8 Å². The van der Waals surface area contributed by atoms with Crippen molar-refractivity contribution in [3.05, 3.63) is 48.2 Å². The lowest BCUT2D eigenvalue weighted by Gasteiger charge is -2.24. The highest BCUT2D eigenvalue weighted by molar-refractivity contribution is 5.66. The monoisotopic (exact) mass is 360 g/mol. The molecule has 0 bridgehead atoms. The lowest BCUT2D eigenvalue weighted by Crippen LogP contribution is -2.23. The van der Waals surface area contributed by atoms with Crippen LogP contribution in [0.4, 0.5) is 19.0 Å². The topological polar surface area (TPSA) is 42.2 Å². The lowest BCUT2D eigenvalue weighted by atomic mass is 9.95. The molecule has 0 spiro atoms. The molecule has 26 heavy (non-hydrogen) atoms. The van der Waals surface area contributed by atoms with E-state index in [0.29, 0.717) is 22.9 Å². The molecule has 0 amide bonds. The fourth-order valence-electron chi connectivity index (χ4n) is 3.45. The average Bonchev–Trinajstić information content (AvgIpc) is 3.11. The van der Waals surface area contributed by atoms with E-state index in [-0.39, 0.29) is 0 Å². The number of nitrogens with zero attached hydrogens (tertiary/aromatic N) is 3. The number of alkyl halides is 3. The quantitative estimate of drug-likeness (QED) is 0.701. The number of hydrogen-bond donors (Lipinski definition) is 1.